The van der Waals surface area contributed by atoms with Gasteiger partial charge >= 0.3 is 0 Å². The summed E-state index contributed by atoms with van der Waals surface area (Å²) in [4.78, 5) is 13.3. The molecule has 1 aromatic carbocycles. The number of furan rings is 1. The van der Waals surface area contributed by atoms with Crippen molar-refractivity contribution in [2.24, 2.45) is 0 Å². The van der Waals surface area contributed by atoms with Crippen LogP contribution in [0.2, 0.25) is 5.02 Å². The van der Waals surface area contributed by atoms with Crippen molar-refractivity contribution >= 4 is 28.5 Å². The smallest absolute Gasteiger partial charge is 0.289 e. The van der Waals surface area contributed by atoms with Crippen LogP contribution in [0.4, 0.5) is 0 Å². The van der Waals surface area contributed by atoms with E-state index in [9.17, 15) is 4.79 Å². The number of carbonyl (C=O) groups excluding carboxylic acids is 1. The van der Waals surface area contributed by atoms with Gasteiger partial charge in [-0.3, -0.25) is 4.79 Å². The molecule has 5 heteroatoms. The van der Waals surface area contributed by atoms with E-state index in [2.05, 4.69) is 0 Å². The number of hydrogen-bond donors (Lipinski definition) is 1. The number of hydrogen-bond acceptors (Lipinski definition) is 3. The largest absolute Gasteiger partial charge is 0.451 e. The molecule has 0 saturated carbocycles. The summed E-state index contributed by atoms with van der Waals surface area (Å²) in [6.45, 7) is 0.199. The number of nitrogens with zero attached hydrogens (tertiary/aromatic N) is 1. The van der Waals surface area contributed by atoms with Crippen molar-refractivity contribution in [1.82, 2.24) is 4.90 Å². The first-order valence-electron chi connectivity index (χ1n) is 5.17. The van der Waals surface area contributed by atoms with Crippen LogP contribution in [0.5, 0.6) is 0 Å². The van der Waals surface area contributed by atoms with Crippen molar-refractivity contribution in [3.05, 3.63) is 35.0 Å². The molecule has 0 saturated heterocycles. The summed E-state index contributed by atoms with van der Waals surface area (Å²) < 4.78 is 5.42. The predicted molar refractivity (Wildman–Crippen MR) is 65.3 cm³/mol. The predicted octanol–water partition coefficient (Wildman–Crippen LogP) is 2.15. The number of aliphatic hydroxyl groups is 1. The molecule has 0 spiro atoms. The molecule has 0 aliphatic carbocycles. The van der Waals surface area contributed by atoms with E-state index in [4.69, 9.17) is 21.1 Å². The van der Waals surface area contributed by atoms with E-state index < -0.39 is 0 Å². The quantitative estimate of drug-likeness (QED) is 0.912. The third kappa shape index (κ3) is 2.43. The number of rotatable bonds is 3. The average molecular weight is 254 g/mol. The lowest BCUT2D eigenvalue weighted by Crippen LogP contribution is -2.29. The fourth-order valence-electron chi connectivity index (χ4n) is 1.56. The van der Waals surface area contributed by atoms with E-state index in [1.54, 1.807) is 31.3 Å². The number of halogens is 1. The standard InChI is InChI=1S/C12H12ClNO3/c1-14(4-5-15)12(16)11-7-8-6-9(13)2-3-10(8)17-11/h2-3,6-7,15H,4-5H2,1H3. The van der Waals surface area contributed by atoms with Crippen molar-refractivity contribution < 1.29 is 14.3 Å². The lowest BCUT2D eigenvalue weighted by molar-refractivity contribution is 0.0738. The summed E-state index contributed by atoms with van der Waals surface area (Å²) in [6.07, 6.45) is 0. The molecule has 90 valence electrons. The minimum absolute atomic E-state index is 0.0751. The minimum Gasteiger partial charge on any atom is -0.451 e. The highest BCUT2D eigenvalue weighted by atomic mass is 35.5. The molecule has 4 nitrogen and oxygen atoms in total. The Balaban J connectivity index is 2.33. The van der Waals surface area contributed by atoms with Crippen LogP contribution in [0.25, 0.3) is 11.0 Å². The zero-order chi connectivity index (χ0) is 12.4. The normalized spacial score (nSPS) is 10.8. The van der Waals surface area contributed by atoms with Gasteiger partial charge in [-0.15, -0.1) is 0 Å². The van der Waals surface area contributed by atoms with E-state index >= 15 is 0 Å². The van der Waals surface area contributed by atoms with Gasteiger partial charge in [0.15, 0.2) is 5.76 Å². The second-order valence-electron chi connectivity index (χ2n) is 3.74. The summed E-state index contributed by atoms with van der Waals surface area (Å²) in [7, 11) is 1.61. The van der Waals surface area contributed by atoms with Gasteiger partial charge in [-0.25, -0.2) is 0 Å². The molecule has 0 aliphatic rings. The maximum Gasteiger partial charge on any atom is 0.289 e. The van der Waals surface area contributed by atoms with Crippen molar-refractivity contribution in [3.8, 4) is 0 Å². The first-order chi connectivity index (χ1) is 8.11. The van der Waals surface area contributed by atoms with Crippen LogP contribution in [-0.4, -0.2) is 36.1 Å². The van der Waals surface area contributed by atoms with Gasteiger partial charge in [0.2, 0.25) is 0 Å². The summed E-state index contributed by atoms with van der Waals surface area (Å²) in [5.41, 5.74) is 0.621. The summed E-state index contributed by atoms with van der Waals surface area (Å²) >= 11 is 5.85. The number of amides is 1. The van der Waals surface area contributed by atoms with E-state index in [1.165, 1.54) is 4.90 Å². The van der Waals surface area contributed by atoms with Crippen LogP contribution >= 0.6 is 11.6 Å². The Morgan fingerprint density at radius 2 is 2.24 bits per heavy atom. The summed E-state index contributed by atoms with van der Waals surface area (Å²) in [6, 6.07) is 6.82. The maximum absolute atomic E-state index is 11.9. The maximum atomic E-state index is 11.9. The number of aliphatic hydroxyl groups excluding tert-OH is 1. The lowest BCUT2D eigenvalue weighted by Gasteiger charge is -2.13. The average Bonchev–Trinajstić information content (AvgIpc) is 2.71. The topological polar surface area (TPSA) is 53.7 Å². The third-order valence-corrected chi connectivity index (χ3v) is 2.71. The minimum atomic E-state index is -0.258. The Morgan fingerprint density at radius 1 is 1.47 bits per heavy atom. The third-order valence-electron chi connectivity index (χ3n) is 2.47. The highest BCUT2D eigenvalue weighted by Crippen LogP contribution is 2.23. The number of carbonyl (C=O) groups is 1. The van der Waals surface area contributed by atoms with Crippen LogP contribution in [0.15, 0.2) is 28.7 Å². The molecule has 1 heterocycles. The first kappa shape index (κ1) is 12.0. The molecule has 0 fully saturated rings. The highest BCUT2D eigenvalue weighted by Gasteiger charge is 2.16. The van der Waals surface area contributed by atoms with Crippen molar-refractivity contribution in [1.29, 1.82) is 0 Å². The van der Waals surface area contributed by atoms with Gasteiger partial charge in [-0.2, -0.15) is 0 Å². The Kier molecular flexibility index (Phi) is 3.36. The zero-order valence-electron chi connectivity index (χ0n) is 9.31. The number of likely N-dealkylation sites (N-methyl/N-ethyl adjacent to an activating group) is 1. The Bertz CT molecular complexity index is 550. The fourth-order valence-corrected chi connectivity index (χ4v) is 1.74. The second-order valence-corrected chi connectivity index (χ2v) is 4.18. The molecule has 1 amide bonds. The van der Waals surface area contributed by atoms with E-state index in [0.717, 1.165) is 5.39 Å². The molecule has 0 atom stereocenters. The SMILES string of the molecule is CN(CCO)C(=O)c1cc2cc(Cl)ccc2o1. The van der Waals surface area contributed by atoms with Gasteiger partial charge in [-0.05, 0) is 24.3 Å². The van der Waals surface area contributed by atoms with E-state index in [1.807, 2.05) is 0 Å². The van der Waals surface area contributed by atoms with Crippen molar-refractivity contribution in [2.45, 2.75) is 0 Å². The van der Waals surface area contributed by atoms with Crippen LogP contribution in [-0.2, 0) is 0 Å². The van der Waals surface area contributed by atoms with Gasteiger partial charge in [0.25, 0.3) is 5.91 Å². The molecule has 1 N–H and O–H groups in total. The molecule has 0 radical (unpaired) electrons. The highest BCUT2D eigenvalue weighted by molar-refractivity contribution is 6.31. The Morgan fingerprint density at radius 3 is 2.94 bits per heavy atom. The van der Waals surface area contributed by atoms with Gasteiger partial charge < -0.3 is 14.4 Å². The van der Waals surface area contributed by atoms with Crippen LogP contribution < -0.4 is 0 Å². The monoisotopic (exact) mass is 253 g/mol. The number of benzene rings is 1. The van der Waals surface area contributed by atoms with Crippen molar-refractivity contribution in [3.63, 3.8) is 0 Å². The molecule has 1 aromatic heterocycles. The molecule has 2 aromatic rings. The summed E-state index contributed by atoms with van der Waals surface area (Å²) in [5.74, 6) is -0.00964. The molecule has 0 aliphatic heterocycles. The second kappa shape index (κ2) is 4.77. The van der Waals surface area contributed by atoms with Crippen LogP contribution in [0.1, 0.15) is 10.6 Å². The number of fused-ring (bicyclic) bond motifs is 1. The van der Waals surface area contributed by atoms with E-state index in [0.29, 0.717) is 10.6 Å². The first-order valence-corrected chi connectivity index (χ1v) is 5.55. The van der Waals surface area contributed by atoms with Gasteiger partial charge in [0.1, 0.15) is 5.58 Å². The molecule has 17 heavy (non-hydrogen) atoms. The van der Waals surface area contributed by atoms with Crippen LogP contribution in [0, 0.1) is 0 Å². The fraction of sp³-hybridized carbons (Fsp3) is 0.250. The van der Waals surface area contributed by atoms with Crippen LogP contribution in [0.3, 0.4) is 0 Å². The molecule has 2 rings (SSSR count). The molecular formula is C12H12ClNO3. The Labute approximate surface area is 103 Å². The summed E-state index contributed by atoms with van der Waals surface area (Å²) in [5, 5.41) is 10.2. The van der Waals surface area contributed by atoms with Gasteiger partial charge in [0, 0.05) is 24.0 Å². The molecule has 0 bridgehead atoms. The lowest BCUT2D eigenvalue weighted by atomic mass is 10.2. The molecular weight excluding hydrogens is 242 g/mol. The Hall–Kier alpha value is -1.52. The molecule has 0 unspecified atom stereocenters. The zero-order valence-corrected chi connectivity index (χ0v) is 10.1. The van der Waals surface area contributed by atoms with Crippen molar-refractivity contribution in [2.75, 3.05) is 20.2 Å². The van der Waals surface area contributed by atoms with Gasteiger partial charge in [-0.1, -0.05) is 11.6 Å². The van der Waals surface area contributed by atoms with Gasteiger partial charge in [0.05, 0.1) is 6.61 Å². The van der Waals surface area contributed by atoms with E-state index in [-0.39, 0.29) is 24.8 Å².